The summed E-state index contributed by atoms with van der Waals surface area (Å²) in [5.74, 6) is -0.924. The first-order chi connectivity index (χ1) is 13.5. The molecule has 3 rings (SSSR count). The largest absolute Gasteiger partial charge is 0.348 e. The zero-order chi connectivity index (χ0) is 19.9. The fourth-order valence-electron chi connectivity index (χ4n) is 2.39. The van der Waals surface area contributed by atoms with E-state index in [-0.39, 0.29) is 11.8 Å². The van der Waals surface area contributed by atoms with Crippen LogP contribution in [0.1, 0.15) is 20.8 Å². The highest BCUT2D eigenvalue weighted by atomic mass is 79.9. The van der Waals surface area contributed by atoms with E-state index in [0.29, 0.717) is 17.8 Å². The Morgan fingerprint density at radius 1 is 1.07 bits per heavy atom. The predicted molar refractivity (Wildman–Crippen MR) is 114 cm³/mol. The van der Waals surface area contributed by atoms with Crippen LogP contribution in [0.25, 0.3) is 6.08 Å². The summed E-state index contributed by atoms with van der Waals surface area (Å²) in [6, 6.07) is 16.4. The van der Waals surface area contributed by atoms with Gasteiger partial charge in [0.15, 0.2) is 0 Å². The number of halogens is 2. The van der Waals surface area contributed by atoms with Crippen molar-refractivity contribution in [3.63, 3.8) is 0 Å². The maximum Gasteiger partial charge on any atom is 0.255 e. The first kappa shape index (κ1) is 20.0. The Hall–Kier alpha value is -2.77. The van der Waals surface area contributed by atoms with E-state index >= 15 is 0 Å². The molecule has 2 amide bonds. The van der Waals surface area contributed by atoms with Crippen LogP contribution in [0.5, 0.6) is 0 Å². The Morgan fingerprint density at radius 2 is 1.86 bits per heavy atom. The highest BCUT2D eigenvalue weighted by molar-refractivity contribution is 9.11. The number of anilines is 1. The number of hydrogen-bond donors (Lipinski definition) is 2. The third-order valence-electron chi connectivity index (χ3n) is 3.75. The van der Waals surface area contributed by atoms with E-state index in [0.717, 1.165) is 14.2 Å². The zero-order valence-corrected chi connectivity index (χ0v) is 17.0. The first-order valence-electron chi connectivity index (χ1n) is 8.37. The molecule has 1 aromatic heterocycles. The molecular formula is C21H16BrFN2O2S. The van der Waals surface area contributed by atoms with E-state index in [1.807, 2.05) is 18.2 Å². The maximum absolute atomic E-state index is 13.0. The number of thiophene rings is 1. The molecule has 1 heterocycles. The molecule has 0 fully saturated rings. The summed E-state index contributed by atoms with van der Waals surface area (Å²) in [7, 11) is 0. The van der Waals surface area contributed by atoms with E-state index in [1.54, 1.807) is 24.3 Å². The summed E-state index contributed by atoms with van der Waals surface area (Å²) < 4.78 is 14.0. The number of carbonyl (C=O) groups is 2. The van der Waals surface area contributed by atoms with Crippen LogP contribution in [-0.2, 0) is 11.3 Å². The molecule has 0 aliphatic heterocycles. The fraction of sp³-hybridized carbons (Fsp3) is 0.0476. The third kappa shape index (κ3) is 5.87. The minimum absolute atomic E-state index is 0.203. The average Bonchev–Trinajstić information content (AvgIpc) is 3.11. The number of rotatable bonds is 6. The minimum atomic E-state index is -0.393. The molecule has 4 nitrogen and oxygen atoms in total. The number of nitrogens with one attached hydrogen (secondary N) is 2. The van der Waals surface area contributed by atoms with Crippen molar-refractivity contribution in [3.05, 3.63) is 92.3 Å². The number of amides is 2. The van der Waals surface area contributed by atoms with Crippen molar-refractivity contribution in [2.24, 2.45) is 0 Å². The molecule has 0 saturated heterocycles. The van der Waals surface area contributed by atoms with Gasteiger partial charge in [0, 0.05) is 28.7 Å². The highest BCUT2D eigenvalue weighted by Gasteiger charge is 2.07. The molecule has 0 spiro atoms. The Morgan fingerprint density at radius 3 is 2.57 bits per heavy atom. The van der Waals surface area contributed by atoms with Gasteiger partial charge in [-0.15, -0.1) is 11.3 Å². The van der Waals surface area contributed by atoms with Crippen LogP contribution in [0.4, 0.5) is 10.1 Å². The third-order valence-corrected chi connectivity index (χ3v) is 5.34. The van der Waals surface area contributed by atoms with Crippen LogP contribution >= 0.6 is 27.3 Å². The summed E-state index contributed by atoms with van der Waals surface area (Å²) in [4.78, 5) is 25.2. The average molecular weight is 459 g/mol. The van der Waals surface area contributed by atoms with Crippen molar-refractivity contribution in [2.75, 3.05) is 5.32 Å². The highest BCUT2D eigenvalue weighted by Crippen LogP contribution is 2.22. The fourth-order valence-corrected chi connectivity index (χ4v) is 3.71. The van der Waals surface area contributed by atoms with Gasteiger partial charge in [0.05, 0.1) is 3.79 Å². The first-order valence-corrected chi connectivity index (χ1v) is 9.98. The molecule has 3 aromatic rings. The van der Waals surface area contributed by atoms with Gasteiger partial charge in [0.1, 0.15) is 5.82 Å². The lowest BCUT2D eigenvalue weighted by Crippen LogP contribution is -2.20. The SMILES string of the molecule is O=C(/C=C/c1ccc(Br)s1)NCc1cccc(NC(=O)c2ccc(F)cc2)c1. The molecule has 2 N–H and O–H groups in total. The van der Waals surface area contributed by atoms with Gasteiger partial charge in [-0.2, -0.15) is 0 Å². The molecule has 0 saturated carbocycles. The monoisotopic (exact) mass is 458 g/mol. The van der Waals surface area contributed by atoms with Gasteiger partial charge in [0.2, 0.25) is 5.91 Å². The molecule has 28 heavy (non-hydrogen) atoms. The van der Waals surface area contributed by atoms with Gasteiger partial charge in [-0.1, -0.05) is 12.1 Å². The minimum Gasteiger partial charge on any atom is -0.348 e. The Labute approximate surface area is 174 Å². The topological polar surface area (TPSA) is 58.2 Å². The van der Waals surface area contributed by atoms with E-state index in [9.17, 15) is 14.0 Å². The van der Waals surface area contributed by atoms with Crippen molar-refractivity contribution in [2.45, 2.75) is 6.54 Å². The maximum atomic E-state index is 13.0. The molecule has 0 unspecified atom stereocenters. The summed E-state index contributed by atoms with van der Waals surface area (Å²) in [6.45, 7) is 0.331. The van der Waals surface area contributed by atoms with Crippen LogP contribution in [0.2, 0.25) is 0 Å². The summed E-state index contributed by atoms with van der Waals surface area (Å²) >= 11 is 4.92. The van der Waals surface area contributed by atoms with Crippen molar-refractivity contribution < 1.29 is 14.0 Å². The summed E-state index contributed by atoms with van der Waals surface area (Å²) in [6.07, 6.45) is 3.24. The second-order valence-electron chi connectivity index (χ2n) is 5.85. The second-order valence-corrected chi connectivity index (χ2v) is 8.35. The van der Waals surface area contributed by atoms with Gasteiger partial charge < -0.3 is 10.6 Å². The molecular weight excluding hydrogens is 443 g/mol. The number of benzene rings is 2. The smallest absolute Gasteiger partial charge is 0.255 e. The van der Waals surface area contributed by atoms with E-state index in [2.05, 4.69) is 26.6 Å². The molecule has 7 heteroatoms. The van der Waals surface area contributed by atoms with Crippen molar-refractivity contribution in [1.82, 2.24) is 5.32 Å². The van der Waals surface area contributed by atoms with Gasteiger partial charge in [-0.25, -0.2) is 4.39 Å². The summed E-state index contributed by atoms with van der Waals surface area (Å²) in [5.41, 5.74) is 1.81. The normalized spacial score (nSPS) is 10.8. The van der Waals surface area contributed by atoms with Crippen LogP contribution in [-0.4, -0.2) is 11.8 Å². The van der Waals surface area contributed by atoms with Crippen LogP contribution < -0.4 is 10.6 Å². The number of hydrogen-bond acceptors (Lipinski definition) is 3. The number of carbonyl (C=O) groups excluding carboxylic acids is 2. The summed E-state index contributed by atoms with van der Waals surface area (Å²) in [5, 5.41) is 5.57. The molecule has 0 bridgehead atoms. The van der Waals surface area contributed by atoms with Gasteiger partial charge in [0.25, 0.3) is 5.91 Å². The Kier molecular flexibility index (Phi) is 6.73. The van der Waals surface area contributed by atoms with Gasteiger partial charge in [-0.05, 0) is 76.1 Å². The lowest BCUT2D eigenvalue weighted by Gasteiger charge is -2.08. The van der Waals surface area contributed by atoms with Gasteiger partial charge >= 0.3 is 0 Å². The Balaban J connectivity index is 1.55. The molecule has 0 atom stereocenters. The van der Waals surface area contributed by atoms with Crippen LogP contribution in [0, 0.1) is 5.82 Å². The van der Waals surface area contributed by atoms with Crippen LogP contribution in [0.15, 0.2) is 70.5 Å². The molecule has 0 aliphatic carbocycles. The van der Waals surface area contributed by atoms with E-state index < -0.39 is 5.82 Å². The second kappa shape index (κ2) is 9.43. The standard InChI is InChI=1S/C21H16BrFN2O2S/c22-19-10-8-18(28-19)9-11-20(26)24-13-14-2-1-3-17(12-14)25-21(27)15-4-6-16(23)7-5-15/h1-12H,13H2,(H,24,26)(H,25,27)/b11-9+. The quantitative estimate of drug-likeness (QED) is 0.496. The van der Waals surface area contributed by atoms with Crippen molar-refractivity contribution in [3.8, 4) is 0 Å². The zero-order valence-electron chi connectivity index (χ0n) is 14.6. The van der Waals surface area contributed by atoms with Gasteiger partial charge in [-0.3, -0.25) is 9.59 Å². The predicted octanol–water partition coefficient (Wildman–Crippen LogP) is 5.23. The van der Waals surface area contributed by atoms with E-state index in [4.69, 9.17) is 0 Å². The van der Waals surface area contributed by atoms with E-state index in [1.165, 1.54) is 41.7 Å². The van der Waals surface area contributed by atoms with Crippen molar-refractivity contribution in [1.29, 1.82) is 0 Å². The lowest BCUT2D eigenvalue weighted by atomic mass is 10.1. The van der Waals surface area contributed by atoms with Crippen molar-refractivity contribution >= 4 is 50.8 Å². The Bertz CT molecular complexity index is 1020. The molecule has 2 aromatic carbocycles. The molecule has 0 aliphatic rings. The van der Waals surface area contributed by atoms with Crippen LogP contribution in [0.3, 0.4) is 0 Å². The lowest BCUT2D eigenvalue weighted by molar-refractivity contribution is -0.116. The molecule has 142 valence electrons. The molecule has 0 radical (unpaired) electrons.